The molecule has 7 heteroatoms. The third-order valence-corrected chi connectivity index (χ3v) is 4.70. The van der Waals surface area contributed by atoms with Crippen LogP contribution in [0.4, 0.5) is 16.3 Å². The number of rotatable bonds is 3. The first-order valence-electron chi connectivity index (χ1n) is 8.95. The number of anilines is 2. The Labute approximate surface area is 157 Å². The first kappa shape index (κ1) is 17.1. The number of nitrogens with zero attached hydrogens (tertiary/aromatic N) is 4. The molecule has 1 fully saturated rings. The molecule has 0 bridgehead atoms. The summed E-state index contributed by atoms with van der Waals surface area (Å²) in [5.74, 6) is 1.51. The minimum atomic E-state index is -0.0665. The summed E-state index contributed by atoms with van der Waals surface area (Å²) >= 11 is 0. The van der Waals surface area contributed by atoms with E-state index in [-0.39, 0.29) is 6.03 Å². The molecule has 4 rings (SSSR count). The van der Waals surface area contributed by atoms with E-state index in [1.807, 2.05) is 60.4 Å². The highest BCUT2D eigenvalue weighted by Crippen LogP contribution is 2.20. The van der Waals surface area contributed by atoms with E-state index in [1.54, 1.807) is 6.26 Å². The van der Waals surface area contributed by atoms with Gasteiger partial charge >= 0.3 is 6.03 Å². The van der Waals surface area contributed by atoms with Crippen LogP contribution in [0.1, 0.15) is 5.56 Å². The molecule has 27 heavy (non-hydrogen) atoms. The molecular weight excluding hydrogens is 342 g/mol. The predicted molar refractivity (Wildman–Crippen MR) is 104 cm³/mol. The van der Waals surface area contributed by atoms with Crippen molar-refractivity contribution < 1.29 is 9.21 Å². The Balaban J connectivity index is 1.34. The third kappa shape index (κ3) is 3.76. The summed E-state index contributed by atoms with van der Waals surface area (Å²) in [6, 6.07) is 15.2. The summed E-state index contributed by atoms with van der Waals surface area (Å²) in [6.07, 6.45) is 1.62. The minimum Gasteiger partial charge on any atom is -0.463 e. The van der Waals surface area contributed by atoms with Gasteiger partial charge in [-0.2, -0.15) is 0 Å². The quantitative estimate of drug-likeness (QED) is 0.772. The van der Waals surface area contributed by atoms with Crippen LogP contribution in [-0.4, -0.2) is 47.3 Å². The van der Waals surface area contributed by atoms with Crippen molar-refractivity contribution in [2.24, 2.45) is 0 Å². The molecule has 2 aromatic heterocycles. The van der Waals surface area contributed by atoms with E-state index in [4.69, 9.17) is 4.42 Å². The molecule has 2 amide bonds. The molecule has 1 saturated heterocycles. The van der Waals surface area contributed by atoms with Crippen LogP contribution in [0.15, 0.2) is 59.2 Å². The van der Waals surface area contributed by atoms with Crippen molar-refractivity contribution in [2.75, 3.05) is 36.4 Å². The number of benzene rings is 1. The Morgan fingerprint density at radius 2 is 1.81 bits per heavy atom. The molecule has 3 aromatic rings. The van der Waals surface area contributed by atoms with Gasteiger partial charge in [0.15, 0.2) is 11.6 Å². The number of carbonyl (C=O) groups excluding carboxylic acids is 1. The highest BCUT2D eigenvalue weighted by molar-refractivity contribution is 5.90. The topological polar surface area (TPSA) is 74.5 Å². The number of aryl methyl sites for hydroxylation is 1. The molecule has 0 aliphatic carbocycles. The van der Waals surface area contributed by atoms with E-state index in [0.29, 0.717) is 24.5 Å². The number of hydrogen-bond donors (Lipinski definition) is 1. The lowest BCUT2D eigenvalue weighted by molar-refractivity contribution is 0.208. The fourth-order valence-corrected chi connectivity index (χ4v) is 3.10. The number of aromatic nitrogens is 2. The van der Waals surface area contributed by atoms with Crippen LogP contribution in [0, 0.1) is 6.92 Å². The number of urea groups is 1. The molecule has 7 nitrogen and oxygen atoms in total. The van der Waals surface area contributed by atoms with Crippen LogP contribution in [0.2, 0.25) is 0 Å². The van der Waals surface area contributed by atoms with Crippen LogP contribution in [0.5, 0.6) is 0 Å². The predicted octanol–water partition coefficient (Wildman–Crippen LogP) is 3.40. The standard InChI is InChI=1S/C20H21N5O2/c1-15-5-2-3-6-16(15)21-20(26)25-12-10-24(11-13-25)19-9-8-17(22-23-19)18-7-4-14-27-18/h2-9,14H,10-13H2,1H3,(H,21,26). The largest absolute Gasteiger partial charge is 0.463 e. The van der Waals surface area contributed by atoms with Crippen molar-refractivity contribution in [3.05, 3.63) is 60.4 Å². The van der Waals surface area contributed by atoms with Gasteiger partial charge in [-0.05, 0) is 42.8 Å². The molecule has 3 heterocycles. The van der Waals surface area contributed by atoms with Crippen LogP contribution in [0.25, 0.3) is 11.5 Å². The lowest BCUT2D eigenvalue weighted by Crippen LogP contribution is -2.50. The van der Waals surface area contributed by atoms with Gasteiger partial charge in [-0.1, -0.05) is 18.2 Å². The molecule has 0 unspecified atom stereocenters. The summed E-state index contributed by atoms with van der Waals surface area (Å²) in [7, 11) is 0. The SMILES string of the molecule is Cc1ccccc1NC(=O)N1CCN(c2ccc(-c3ccco3)nn2)CC1. The van der Waals surface area contributed by atoms with Crippen molar-refractivity contribution in [3.8, 4) is 11.5 Å². The van der Waals surface area contributed by atoms with Gasteiger partial charge < -0.3 is 19.5 Å². The average molecular weight is 363 g/mol. The van der Waals surface area contributed by atoms with Crippen LogP contribution < -0.4 is 10.2 Å². The van der Waals surface area contributed by atoms with Gasteiger partial charge in [0, 0.05) is 31.9 Å². The number of furan rings is 1. The summed E-state index contributed by atoms with van der Waals surface area (Å²) in [4.78, 5) is 16.5. The number of nitrogens with one attached hydrogen (secondary N) is 1. The second-order valence-electron chi connectivity index (χ2n) is 6.47. The maximum Gasteiger partial charge on any atom is 0.321 e. The molecular formula is C20H21N5O2. The Morgan fingerprint density at radius 1 is 1.00 bits per heavy atom. The lowest BCUT2D eigenvalue weighted by Gasteiger charge is -2.35. The van der Waals surface area contributed by atoms with Gasteiger partial charge in [0.25, 0.3) is 0 Å². The van der Waals surface area contributed by atoms with E-state index in [2.05, 4.69) is 20.4 Å². The van der Waals surface area contributed by atoms with Crippen molar-refractivity contribution in [1.29, 1.82) is 0 Å². The molecule has 0 spiro atoms. The second-order valence-corrected chi connectivity index (χ2v) is 6.47. The number of piperazine rings is 1. The average Bonchev–Trinajstić information content (AvgIpc) is 3.25. The monoisotopic (exact) mass is 363 g/mol. The Morgan fingerprint density at radius 3 is 2.48 bits per heavy atom. The maximum absolute atomic E-state index is 12.5. The van der Waals surface area contributed by atoms with Gasteiger partial charge in [-0.3, -0.25) is 0 Å². The molecule has 138 valence electrons. The summed E-state index contributed by atoms with van der Waals surface area (Å²) in [5, 5.41) is 11.5. The molecule has 1 aliphatic rings. The zero-order valence-electron chi connectivity index (χ0n) is 15.1. The van der Waals surface area contributed by atoms with Crippen LogP contribution >= 0.6 is 0 Å². The number of carbonyl (C=O) groups is 1. The zero-order chi connectivity index (χ0) is 18.6. The minimum absolute atomic E-state index is 0.0665. The fourth-order valence-electron chi connectivity index (χ4n) is 3.10. The highest BCUT2D eigenvalue weighted by atomic mass is 16.3. The van der Waals surface area contributed by atoms with E-state index >= 15 is 0 Å². The van der Waals surface area contributed by atoms with Crippen molar-refractivity contribution in [1.82, 2.24) is 15.1 Å². The van der Waals surface area contributed by atoms with Crippen LogP contribution in [0.3, 0.4) is 0 Å². The molecule has 0 radical (unpaired) electrons. The number of hydrogen-bond acceptors (Lipinski definition) is 5. The molecule has 0 atom stereocenters. The summed E-state index contributed by atoms with van der Waals surface area (Å²) in [5.41, 5.74) is 2.61. The molecule has 1 aliphatic heterocycles. The van der Waals surface area contributed by atoms with E-state index in [0.717, 1.165) is 30.2 Å². The normalized spacial score (nSPS) is 14.3. The zero-order valence-corrected chi connectivity index (χ0v) is 15.1. The van der Waals surface area contributed by atoms with E-state index in [1.165, 1.54) is 0 Å². The first-order valence-corrected chi connectivity index (χ1v) is 8.95. The van der Waals surface area contributed by atoms with Crippen molar-refractivity contribution >= 4 is 17.5 Å². The number of amides is 2. The van der Waals surface area contributed by atoms with Crippen LogP contribution in [-0.2, 0) is 0 Å². The molecule has 0 saturated carbocycles. The highest BCUT2D eigenvalue weighted by Gasteiger charge is 2.22. The molecule has 1 N–H and O–H groups in total. The Bertz CT molecular complexity index is 900. The smallest absolute Gasteiger partial charge is 0.321 e. The van der Waals surface area contributed by atoms with Gasteiger partial charge in [-0.25, -0.2) is 4.79 Å². The van der Waals surface area contributed by atoms with Gasteiger partial charge in [-0.15, -0.1) is 10.2 Å². The van der Waals surface area contributed by atoms with Crippen molar-refractivity contribution in [3.63, 3.8) is 0 Å². The first-order chi connectivity index (χ1) is 13.2. The second kappa shape index (κ2) is 7.49. The third-order valence-electron chi connectivity index (χ3n) is 4.70. The Hall–Kier alpha value is -3.35. The number of para-hydroxylation sites is 1. The van der Waals surface area contributed by atoms with Crippen molar-refractivity contribution in [2.45, 2.75) is 6.92 Å². The van der Waals surface area contributed by atoms with Gasteiger partial charge in [0.05, 0.1) is 6.26 Å². The Kier molecular flexibility index (Phi) is 4.74. The maximum atomic E-state index is 12.5. The summed E-state index contributed by atoms with van der Waals surface area (Å²) < 4.78 is 5.34. The fraction of sp³-hybridized carbons (Fsp3) is 0.250. The molecule has 1 aromatic carbocycles. The van der Waals surface area contributed by atoms with E-state index in [9.17, 15) is 4.79 Å². The van der Waals surface area contributed by atoms with E-state index < -0.39 is 0 Å². The van der Waals surface area contributed by atoms with Gasteiger partial charge in [0.2, 0.25) is 0 Å². The lowest BCUT2D eigenvalue weighted by atomic mass is 10.2. The van der Waals surface area contributed by atoms with Gasteiger partial charge in [0.1, 0.15) is 5.69 Å². The summed E-state index contributed by atoms with van der Waals surface area (Å²) in [6.45, 7) is 4.70.